The lowest BCUT2D eigenvalue weighted by Crippen LogP contribution is -2.47. The molecule has 2 aromatic rings. The molecule has 6 rings (SSSR count). The van der Waals surface area contributed by atoms with Crippen molar-refractivity contribution < 1.29 is 18.4 Å². The normalized spacial score (nSPS) is 31.2. The molecule has 4 aliphatic carbocycles. The summed E-state index contributed by atoms with van der Waals surface area (Å²) in [7, 11) is 0. The van der Waals surface area contributed by atoms with Crippen molar-refractivity contribution in [3.05, 3.63) is 36.0 Å². The summed E-state index contributed by atoms with van der Waals surface area (Å²) >= 11 is 0. The highest BCUT2D eigenvalue weighted by atomic mass is 19.1. The van der Waals surface area contributed by atoms with Crippen molar-refractivity contribution in [2.75, 3.05) is 0 Å². The molecule has 0 radical (unpaired) electrons. The lowest BCUT2D eigenvalue weighted by atomic mass is 9.49. The molecule has 0 atom stereocenters. The fraction of sp³-hybridized carbons (Fsp3) is 0.571. The molecule has 1 aromatic carbocycles. The van der Waals surface area contributed by atoms with Gasteiger partial charge in [0, 0.05) is 5.56 Å². The Kier molecular flexibility index (Phi) is 4.02. The zero-order chi connectivity index (χ0) is 18.4. The van der Waals surface area contributed by atoms with Crippen LogP contribution >= 0.6 is 0 Å². The number of benzene rings is 1. The first-order valence-corrected chi connectivity index (χ1v) is 9.81. The quantitative estimate of drug-likeness (QED) is 0.724. The van der Waals surface area contributed by atoms with Crippen LogP contribution in [0.25, 0.3) is 11.4 Å². The van der Waals surface area contributed by atoms with Crippen molar-refractivity contribution in [1.29, 1.82) is 0 Å². The largest absolute Gasteiger partial charge is 0.456 e. The summed E-state index contributed by atoms with van der Waals surface area (Å²) in [5, 5.41) is 3.87. The molecule has 0 saturated heterocycles. The number of rotatable bonds is 5. The van der Waals surface area contributed by atoms with E-state index in [4.69, 9.17) is 9.26 Å². The van der Waals surface area contributed by atoms with Crippen LogP contribution in [0.4, 0.5) is 4.39 Å². The van der Waals surface area contributed by atoms with Gasteiger partial charge in [-0.1, -0.05) is 5.16 Å². The highest BCUT2D eigenvalue weighted by Gasteiger charge is 2.51. The van der Waals surface area contributed by atoms with Crippen molar-refractivity contribution in [1.82, 2.24) is 10.1 Å². The van der Waals surface area contributed by atoms with Crippen molar-refractivity contribution in [3.63, 3.8) is 0 Å². The number of hydrogen-bond acceptors (Lipinski definition) is 5. The number of ether oxygens (including phenoxy) is 1. The van der Waals surface area contributed by atoms with Gasteiger partial charge in [-0.15, -0.1) is 0 Å². The first-order valence-electron chi connectivity index (χ1n) is 9.81. The maximum Gasteiger partial charge on any atom is 0.306 e. The summed E-state index contributed by atoms with van der Waals surface area (Å²) in [6.45, 7) is -0.0145. The van der Waals surface area contributed by atoms with Crippen LogP contribution in [0.3, 0.4) is 0 Å². The minimum atomic E-state index is -0.318. The zero-order valence-corrected chi connectivity index (χ0v) is 15.2. The number of carbonyl (C=O) groups is 1. The van der Waals surface area contributed by atoms with Crippen LogP contribution < -0.4 is 0 Å². The molecular weight excluding hydrogens is 347 g/mol. The Labute approximate surface area is 157 Å². The van der Waals surface area contributed by atoms with Crippen LogP contribution in [0.15, 0.2) is 28.8 Å². The first-order chi connectivity index (χ1) is 13.1. The third-order valence-electron chi connectivity index (χ3n) is 6.61. The lowest BCUT2D eigenvalue weighted by molar-refractivity contribution is -0.154. The van der Waals surface area contributed by atoms with Crippen LogP contribution in [0.1, 0.15) is 50.8 Å². The van der Waals surface area contributed by atoms with Gasteiger partial charge >= 0.3 is 5.97 Å². The van der Waals surface area contributed by atoms with Crippen LogP contribution in [-0.4, -0.2) is 16.1 Å². The smallest absolute Gasteiger partial charge is 0.306 e. The number of aromatic nitrogens is 2. The fourth-order valence-corrected chi connectivity index (χ4v) is 6.04. The average molecular weight is 370 g/mol. The molecule has 1 heterocycles. The summed E-state index contributed by atoms with van der Waals surface area (Å²) in [4.78, 5) is 16.7. The van der Waals surface area contributed by atoms with E-state index >= 15 is 0 Å². The van der Waals surface area contributed by atoms with E-state index in [0.29, 0.717) is 17.8 Å². The van der Waals surface area contributed by atoms with Gasteiger partial charge in [-0.25, -0.2) is 4.39 Å². The van der Waals surface area contributed by atoms with Gasteiger partial charge in [-0.3, -0.25) is 4.79 Å². The van der Waals surface area contributed by atoms with E-state index in [-0.39, 0.29) is 29.7 Å². The lowest BCUT2D eigenvalue weighted by Gasteiger charge is -2.56. The van der Waals surface area contributed by atoms with Gasteiger partial charge in [0.15, 0.2) is 6.61 Å². The molecular formula is C21H23FN2O3. The Morgan fingerprint density at radius 2 is 1.74 bits per heavy atom. The molecule has 4 saturated carbocycles. The van der Waals surface area contributed by atoms with E-state index in [1.54, 1.807) is 12.1 Å². The minimum absolute atomic E-state index is 0.0145. The Hall–Kier alpha value is -2.24. The van der Waals surface area contributed by atoms with E-state index < -0.39 is 0 Å². The molecule has 27 heavy (non-hydrogen) atoms. The molecule has 0 aliphatic heterocycles. The summed E-state index contributed by atoms with van der Waals surface area (Å²) in [5.74, 6) is 2.59. The number of carbonyl (C=O) groups excluding carboxylic acids is 1. The Morgan fingerprint density at radius 3 is 2.37 bits per heavy atom. The first kappa shape index (κ1) is 16.9. The molecule has 0 N–H and O–H groups in total. The fourth-order valence-electron chi connectivity index (χ4n) is 6.04. The summed E-state index contributed by atoms with van der Waals surface area (Å²) in [5.41, 5.74) is 0.825. The third kappa shape index (κ3) is 3.37. The van der Waals surface area contributed by atoms with E-state index in [1.165, 1.54) is 50.7 Å². The Morgan fingerprint density at radius 1 is 1.11 bits per heavy atom. The van der Waals surface area contributed by atoms with Crippen molar-refractivity contribution >= 4 is 5.97 Å². The van der Waals surface area contributed by atoms with Gasteiger partial charge in [0.2, 0.25) is 5.82 Å². The van der Waals surface area contributed by atoms with Gasteiger partial charge < -0.3 is 9.26 Å². The Balaban J connectivity index is 1.19. The third-order valence-corrected chi connectivity index (χ3v) is 6.61. The molecule has 6 heteroatoms. The number of esters is 1. The molecule has 142 valence electrons. The van der Waals surface area contributed by atoms with E-state index in [0.717, 1.165) is 17.8 Å². The van der Waals surface area contributed by atoms with Gasteiger partial charge in [0.25, 0.3) is 5.89 Å². The van der Waals surface area contributed by atoms with Crippen LogP contribution in [0.2, 0.25) is 0 Å². The van der Waals surface area contributed by atoms with Crippen LogP contribution in [0, 0.1) is 29.0 Å². The zero-order valence-electron chi connectivity index (χ0n) is 15.2. The predicted octanol–water partition coefficient (Wildman–Crippen LogP) is 4.53. The van der Waals surface area contributed by atoms with Gasteiger partial charge in [-0.05, 0) is 86.0 Å². The summed E-state index contributed by atoms with van der Waals surface area (Å²) in [6.07, 6.45) is 8.15. The van der Waals surface area contributed by atoms with Gasteiger partial charge in [0.1, 0.15) is 5.82 Å². The van der Waals surface area contributed by atoms with Crippen LogP contribution in [0.5, 0.6) is 0 Å². The second kappa shape index (κ2) is 6.43. The molecule has 4 fully saturated rings. The monoisotopic (exact) mass is 370 g/mol. The van der Waals surface area contributed by atoms with Crippen molar-refractivity contribution in [3.8, 4) is 11.4 Å². The van der Waals surface area contributed by atoms with Crippen molar-refractivity contribution in [2.45, 2.75) is 51.6 Å². The van der Waals surface area contributed by atoms with Crippen LogP contribution in [-0.2, 0) is 16.1 Å². The number of halogens is 1. The average Bonchev–Trinajstić information content (AvgIpc) is 3.08. The van der Waals surface area contributed by atoms with Gasteiger partial charge in [0.05, 0.1) is 6.42 Å². The topological polar surface area (TPSA) is 65.2 Å². The molecule has 0 unspecified atom stereocenters. The van der Waals surface area contributed by atoms with Crippen molar-refractivity contribution in [2.24, 2.45) is 23.2 Å². The predicted molar refractivity (Wildman–Crippen MR) is 94.7 cm³/mol. The molecule has 4 aliphatic rings. The maximum atomic E-state index is 13.0. The number of nitrogens with zero attached hydrogens (tertiary/aromatic N) is 2. The highest BCUT2D eigenvalue weighted by Crippen LogP contribution is 2.61. The second-order valence-electron chi connectivity index (χ2n) is 8.77. The highest BCUT2D eigenvalue weighted by molar-refractivity contribution is 5.70. The van der Waals surface area contributed by atoms with E-state index in [9.17, 15) is 9.18 Å². The number of hydrogen-bond donors (Lipinski definition) is 0. The SMILES string of the molecule is O=C(CC12CC3CC(CC(C3)C1)C2)OCc1nc(-c2ccc(F)cc2)no1. The standard InChI is InChI=1S/C21H23FN2O3/c22-17-3-1-16(2-4-17)20-23-18(27-24-20)12-26-19(25)11-21-8-13-5-14(9-21)7-15(6-13)10-21/h1-4,13-15H,5-12H2. The van der Waals surface area contributed by atoms with E-state index in [2.05, 4.69) is 10.1 Å². The molecule has 5 nitrogen and oxygen atoms in total. The minimum Gasteiger partial charge on any atom is -0.456 e. The maximum absolute atomic E-state index is 13.0. The molecule has 4 bridgehead atoms. The van der Waals surface area contributed by atoms with Gasteiger partial charge in [-0.2, -0.15) is 4.98 Å². The molecule has 0 amide bonds. The van der Waals surface area contributed by atoms with E-state index in [1.807, 2.05) is 0 Å². The molecule has 1 aromatic heterocycles. The second-order valence-corrected chi connectivity index (χ2v) is 8.77. The summed E-state index contributed by atoms with van der Waals surface area (Å²) in [6, 6.07) is 5.86. The summed E-state index contributed by atoms with van der Waals surface area (Å²) < 4.78 is 23.6. The molecule has 0 spiro atoms. The Bertz CT molecular complexity index is 810.